The Morgan fingerprint density at radius 1 is 1.10 bits per heavy atom. The third-order valence-electron chi connectivity index (χ3n) is 5.17. The molecule has 1 aliphatic carbocycles. The summed E-state index contributed by atoms with van der Waals surface area (Å²) in [7, 11) is 0. The van der Waals surface area contributed by atoms with Gasteiger partial charge in [-0.2, -0.15) is 0 Å². The largest absolute Gasteiger partial charge is 0.367 e. The minimum atomic E-state index is 0.209. The molecule has 0 bridgehead atoms. The van der Waals surface area contributed by atoms with Crippen molar-refractivity contribution in [2.45, 2.75) is 33.6 Å². The van der Waals surface area contributed by atoms with Crippen molar-refractivity contribution in [1.82, 2.24) is 5.16 Å². The van der Waals surface area contributed by atoms with Gasteiger partial charge in [-0.1, -0.05) is 60.9 Å². The monoisotopic (exact) mass is 334 g/mol. The van der Waals surface area contributed by atoms with Crippen LogP contribution in [0, 0.1) is 10.8 Å². The number of hydrogen-bond acceptors (Lipinski definition) is 3. The summed E-state index contributed by atoms with van der Waals surface area (Å²) in [5.74, 6) is 0.774. The Kier molecular flexibility index (Phi) is 2.81. The van der Waals surface area contributed by atoms with Crippen molar-refractivity contribution in [1.29, 1.82) is 0 Å². The van der Waals surface area contributed by atoms with E-state index in [0.29, 0.717) is 11.8 Å². The van der Waals surface area contributed by atoms with Crippen molar-refractivity contribution in [3.63, 3.8) is 0 Å². The zero-order valence-corrected chi connectivity index (χ0v) is 13.8. The van der Waals surface area contributed by atoms with E-state index in [1.807, 2.05) is 24.3 Å². The second-order valence-electron chi connectivity index (χ2n) is 6.69. The van der Waals surface area contributed by atoms with Gasteiger partial charge in [0, 0.05) is 10.4 Å². The lowest BCUT2D eigenvalue weighted by Gasteiger charge is -2.04. The van der Waals surface area contributed by atoms with E-state index in [9.17, 15) is 0 Å². The SMILES string of the molecule is CC1(C)C(c2noc(N)c2-c2ccc(Br)cc2)C1(C)C. The van der Waals surface area contributed by atoms with E-state index in [0.717, 1.165) is 21.3 Å². The van der Waals surface area contributed by atoms with Gasteiger partial charge in [0.05, 0.1) is 11.3 Å². The average molecular weight is 335 g/mol. The fourth-order valence-electron chi connectivity index (χ4n) is 3.30. The fraction of sp³-hybridized carbons (Fsp3) is 0.438. The standard InChI is InChI=1S/C16H19BrN2O/c1-15(2)13(16(15,3)4)12-11(14(18)20-19-12)9-5-7-10(17)8-6-9/h5-8,13H,18H2,1-4H3. The van der Waals surface area contributed by atoms with E-state index in [4.69, 9.17) is 10.3 Å². The molecule has 0 radical (unpaired) electrons. The minimum absolute atomic E-state index is 0.209. The molecule has 1 heterocycles. The van der Waals surface area contributed by atoms with Gasteiger partial charge in [-0.15, -0.1) is 0 Å². The summed E-state index contributed by atoms with van der Waals surface area (Å²) in [6, 6.07) is 8.10. The normalized spacial score (nSPS) is 20.1. The Labute approximate surface area is 127 Å². The van der Waals surface area contributed by atoms with Crippen LogP contribution < -0.4 is 5.73 Å². The van der Waals surface area contributed by atoms with Crippen molar-refractivity contribution < 1.29 is 4.52 Å². The van der Waals surface area contributed by atoms with Gasteiger partial charge < -0.3 is 10.3 Å². The van der Waals surface area contributed by atoms with E-state index in [1.165, 1.54) is 0 Å². The Bertz CT molecular complexity index is 642. The van der Waals surface area contributed by atoms with Crippen LogP contribution in [0.15, 0.2) is 33.3 Å². The summed E-state index contributed by atoms with van der Waals surface area (Å²) in [6.07, 6.45) is 0. The number of nitrogens with two attached hydrogens (primary N) is 1. The molecule has 2 aromatic rings. The van der Waals surface area contributed by atoms with Crippen molar-refractivity contribution in [2.75, 3.05) is 5.73 Å². The molecule has 106 valence electrons. The van der Waals surface area contributed by atoms with Crippen LogP contribution >= 0.6 is 15.9 Å². The highest BCUT2D eigenvalue weighted by atomic mass is 79.9. The zero-order valence-electron chi connectivity index (χ0n) is 12.2. The van der Waals surface area contributed by atoms with Crippen LogP contribution in [-0.2, 0) is 0 Å². The first-order valence-corrected chi connectivity index (χ1v) is 7.57. The minimum Gasteiger partial charge on any atom is -0.367 e. The molecule has 1 saturated carbocycles. The summed E-state index contributed by atoms with van der Waals surface area (Å²) >= 11 is 3.45. The predicted octanol–water partition coefficient (Wildman–Crippen LogP) is 4.84. The van der Waals surface area contributed by atoms with Crippen molar-refractivity contribution in [2.24, 2.45) is 10.8 Å². The van der Waals surface area contributed by atoms with Crippen LogP contribution in [-0.4, -0.2) is 5.16 Å². The zero-order chi connectivity index (χ0) is 14.7. The number of nitrogens with zero attached hydrogens (tertiary/aromatic N) is 1. The summed E-state index contributed by atoms with van der Waals surface area (Å²) in [5.41, 5.74) is 9.42. The van der Waals surface area contributed by atoms with Gasteiger partial charge in [-0.25, -0.2) is 0 Å². The van der Waals surface area contributed by atoms with Crippen LogP contribution in [0.2, 0.25) is 0 Å². The maximum atomic E-state index is 6.01. The Balaban J connectivity index is 2.10. The predicted molar refractivity (Wildman–Crippen MR) is 84.4 cm³/mol. The second-order valence-corrected chi connectivity index (χ2v) is 7.61. The van der Waals surface area contributed by atoms with E-state index in [-0.39, 0.29) is 10.8 Å². The molecule has 20 heavy (non-hydrogen) atoms. The van der Waals surface area contributed by atoms with Crippen molar-refractivity contribution in [3.8, 4) is 11.1 Å². The fourth-order valence-corrected chi connectivity index (χ4v) is 3.56. The molecule has 0 spiro atoms. The molecule has 1 aliphatic rings. The van der Waals surface area contributed by atoms with E-state index >= 15 is 0 Å². The molecule has 0 saturated heterocycles. The average Bonchev–Trinajstić information content (AvgIpc) is 2.65. The van der Waals surface area contributed by atoms with Crippen LogP contribution in [0.1, 0.15) is 39.3 Å². The second kappa shape index (κ2) is 4.10. The smallest absolute Gasteiger partial charge is 0.230 e. The lowest BCUT2D eigenvalue weighted by Crippen LogP contribution is -1.95. The highest BCUT2D eigenvalue weighted by molar-refractivity contribution is 9.10. The van der Waals surface area contributed by atoms with E-state index < -0.39 is 0 Å². The first-order valence-electron chi connectivity index (χ1n) is 6.78. The molecule has 3 nitrogen and oxygen atoms in total. The van der Waals surface area contributed by atoms with Crippen molar-refractivity contribution in [3.05, 3.63) is 34.4 Å². The molecule has 0 aliphatic heterocycles. The number of anilines is 1. The molecule has 4 heteroatoms. The molecule has 0 atom stereocenters. The highest BCUT2D eigenvalue weighted by Crippen LogP contribution is 2.74. The molecule has 1 aromatic carbocycles. The third kappa shape index (κ3) is 1.74. The Morgan fingerprint density at radius 2 is 1.65 bits per heavy atom. The molecule has 0 unspecified atom stereocenters. The van der Waals surface area contributed by atoms with Gasteiger partial charge in [-0.3, -0.25) is 0 Å². The van der Waals surface area contributed by atoms with E-state index in [2.05, 4.69) is 48.8 Å². The van der Waals surface area contributed by atoms with Crippen LogP contribution in [0.25, 0.3) is 11.1 Å². The number of nitrogen functional groups attached to an aromatic ring is 1. The van der Waals surface area contributed by atoms with Crippen LogP contribution in [0.3, 0.4) is 0 Å². The lowest BCUT2D eigenvalue weighted by molar-refractivity contribution is 0.423. The van der Waals surface area contributed by atoms with Gasteiger partial charge in [-0.05, 0) is 28.5 Å². The summed E-state index contributed by atoms with van der Waals surface area (Å²) in [5, 5.41) is 4.26. The molecule has 2 N–H and O–H groups in total. The number of halogens is 1. The highest BCUT2D eigenvalue weighted by Gasteiger charge is 2.67. The lowest BCUT2D eigenvalue weighted by atomic mass is 9.99. The van der Waals surface area contributed by atoms with Gasteiger partial charge in [0.2, 0.25) is 5.88 Å². The molecular weight excluding hydrogens is 316 g/mol. The quantitative estimate of drug-likeness (QED) is 0.855. The molecule has 3 rings (SSSR count). The van der Waals surface area contributed by atoms with Crippen molar-refractivity contribution >= 4 is 21.8 Å². The number of rotatable bonds is 2. The third-order valence-corrected chi connectivity index (χ3v) is 5.70. The van der Waals surface area contributed by atoms with Crippen LogP contribution in [0.5, 0.6) is 0 Å². The first-order chi connectivity index (χ1) is 9.26. The van der Waals surface area contributed by atoms with E-state index in [1.54, 1.807) is 0 Å². The van der Waals surface area contributed by atoms with Crippen LogP contribution in [0.4, 0.5) is 5.88 Å². The summed E-state index contributed by atoms with van der Waals surface area (Å²) < 4.78 is 6.33. The number of hydrogen-bond donors (Lipinski definition) is 1. The maximum Gasteiger partial charge on any atom is 0.230 e. The number of aromatic nitrogens is 1. The summed E-state index contributed by atoms with van der Waals surface area (Å²) in [6.45, 7) is 9.09. The topological polar surface area (TPSA) is 52.0 Å². The van der Waals surface area contributed by atoms with Gasteiger partial charge >= 0.3 is 0 Å². The maximum absolute atomic E-state index is 6.01. The molecule has 1 fully saturated rings. The molecule has 1 aromatic heterocycles. The van der Waals surface area contributed by atoms with Gasteiger partial charge in [0.1, 0.15) is 0 Å². The number of benzene rings is 1. The Morgan fingerprint density at radius 3 is 2.15 bits per heavy atom. The Hall–Kier alpha value is -1.29. The summed E-state index contributed by atoms with van der Waals surface area (Å²) in [4.78, 5) is 0. The first kappa shape index (κ1) is 13.7. The van der Waals surface area contributed by atoms with Gasteiger partial charge in [0.15, 0.2) is 0 Å². The van der Waals surface area contributed by atoms with Gasteiger partial charge in [0.25, 0.3) is 0 Å². The molecular formula is C16H19BrN2O. The molecule has 0 amide bonds.